The van der Waals surface area contributed by atoms with Crippen LogP contribution < -0.4 is 5.32 Å². The van der Waals surface area contributed by atoms with Gasteiger partial charge in [0.15, 0.2) is 0 Å². The van der Waals surface area contributed by atoms with Crippen LogP contribution in [-0.4, -0.2) is 12.6 Å². The molecule has 90 valence electrons. The molecule has 0 saturated carbocycles. The molecule has 0 fully saturated rings. The van der Waals surface area contributed by atoms with E-state index in [-0.39, 0.29) is 0 Å². The van der Waals surface area contributed by atoms with Gasteiger partial charge in [0.2, 0.25) is 0 Å². The lowest BCUT2D eigenvalue weighted by atomic mass is 10.1. The molecule has 0 amide bonds. The largest absolute Gasteiger partial charge is 0.314 e. The maximum atomic E-state index is 3.48. The lowest BCUT2D eigenvalue weighted by Crippen LogP contribution is -2.29. The summed E-state index contributed by atoms with van der Waals surface area (Å²) in [4.78, 5) is 0. The average Bonchev–Trinajstić information content (AvgIpc) is 2.21. The van der Waals surface area contributed by atoms with Crippen molar-refractivity contribution in [1.29, 1.82) is 0 Å². The third-order valence-corrected chi connectivity index (χ3v) is 1.60. The Bertz CT molecular complexity index is 69.6. The van der Waals surface area contributed by atoms with Gasteiger partial charge in [-0.25, -0.2) is 0 Å². The fraction of sp³-hybridized carbons (Fsp3) is 1.00. The first-order valence-electron chi connectivity index (χ1n) is 6.40. The minimum atomic E-state index is 0.701. The molecule has 1 heteroatoms. The van der Waals surface area contributed by atoms with Gasteiger partial charge in [-0.2, -0.15) is 0 Å². The highest BCUT2D eigenvalue weighted by Gasteiger charge is 1.99. The summed E-state index contributed by atoms with van der Waals surface area (Å²) in [6.45, 7) is 18.1. The summed E-state index contributed by atoms with van der Waals surface area (Å²) in [5.74, 6) is 0.777. The third kappa shape index (κ3) is 22.7. The molecular weight excluding hydrogens is 170 g/mol. The van der Waals surface area contributed by atoms with Gasteiger partial charge in [-0.3, -0.25) is 0 Å². The number of hydrogen-bond donors (Lipinski definition) is 1. The van der Waals surface area contributed by atoms with Gasteiger partial charge in [-0.1, -0.05) is 54.9 Å². The molecule has 1 unspecified atom stereocenters. The minimum Gasteiger partial charge on any atom is -0.314 e. The second-order valence-corrected chi connectivity index (χ2v) is 3.49. The van der Waals surface area contributed by atoms with Crippen LogP contribution in [0.2, 0.25) is 0 Å². The number of hydrogen-bond acceptors (Lipinski definition) is 1. The van der Waals surface area contributed by atoms with Gasteiger partial charge in [-0.15, -0.1) is 0 Å². The monoisotopic (exact) mass is 203 g/mol. The fourth-order valence-electron chi connectivity index (χ4n) is 0.972. The second kappa shape index (κ2) is 18.7. The maximum Gasteiger partial charge on any atom is 0.00387 e. The first-order chi connectivity index (χ1) is 6.66. The molecule has 14 heavy (non-hydrogen) atoms. The summed E-state index contributed by atoms with van der Waals surface area (Å²) < 4.78 is 0. The smallest absolute Gasteiger partial charge is 0.00387 e. The van der Waals surface area contributed by atoms with Crippen molar-refractivity contribution in [2.24, 2.45) is 5.92 Å². The van der Waals surface area contributed by atoms with Crippen molar-refractivity contribution in [2.45, 2.75) is 74.3 Å². The van der Waals surface area contributed by atoms with Crippen molar-refractivity contribution in [2.75, 3.05) is 6.54 Å². The van der Waals surface area contributed by atoms with E-state index in [0.29, 0.717) is 6.04 Å². The Labute approximate surface area is 92.7 Å². The van der Waals surface area contributed by atoms with Gasteiger partial charge in [0, 0.05) is 6.04 Å². The Balaban J connectivity index is -0.000000266. The summed E-state index contributed by atoms with van der Waals surface area (Å²) >= 11 is 0. The Morgan fingerprint density at radius 2 is 1.36 bits per heavy atom. The van der Waals surface area contributed by atoms with Gasteiger partial charge >= 0.3 is 0 Å². The number of nitrogens with one attached hydrogen (secondary N) is 1. The molecule has 0 aromatic carbocycles. The van der Waals surface area contributed by atoms with Crippen molar-refractivity contribution < 1.29 is 0 Å². The summed E-state index contributed by atoms with van der Waals surface area (Å²) in [5.41, 5.74) is 0. The lowest BCUT2D eigenvalue weighted by molar-refractivity contribution is 0.461. The van der Waals surface area contributed by atoms with Crippen molar-refractivity contribution in [3.05, 3.63) is 0 Å². The first kappa shape index (κ1) is 19.5. The van der Waals surface area contributed by atoms with Crippen LogP contribution in [0.4, 0.5) is 0 Å². The van der Waals surface area contributed by atoms with Crippen LogP contribution in [0.25, 0.3) is 0 Å². The van der Waals surface area contributed by atoms with Crippen molar-refractivity contribution in [3.63, 3.8) is 0 Å². The second-order valence-electron chi connectivity index (χ2n) is 3.49. The zero-order chi connectivity index (χ0) is 12.0. The van der Waals surface area contributed by atoms with Gasteiger partial charge < -0.3 is 5.32 Å². The molecule has 0 aromatic heterocycles. The topological polar surface area (TPSA) is 12.0 Å². The first-order valence-corrected chi connectivity index (χ1v) is 6.40. The van der Waals surface area contributed by atoms with E-state index in [2.05, 4.69) is 33.0 Å². The minimum absolute atomic E-state index is 0.701. The van der Waals surface area contributed by atoms with Crippen LogP contribution in [0, 0.1) is 5.92 Å². The van der Waals surface area contributed by atoms with Gasteiger partial charge in [0.25, 0.3) is 0 Å². The standard InChI is InChI=1S/C9H21N.2C2H6/c1-5-6-9(4)10-7-8(2)3;2*1-2/h8-10H,5-7H2,1-4H3;2*1-2H3. The molecule has 0 radical (unpaired) electrons. The van der Waals surface area contributed by atoms with Crippen LogP contribution in [0.5, 0.6) is 0 Å². The van der Waals surface area contributed by atoms with E-state index in [4.69, 9.17) is 0 Å². The van der Waals surface area contributed by atoms with E-state index >= 15 is 0 Å². The van der Waals surface area contributed by atoms with E-state index in [1.165, 1.54) is 12.8 Å². The summed E-state index contributed by atoms with van der Waals surface area (Å²) in [6.07, 6.45) is 2.58. The van der Waals surface area contributed by atoms with Crippen molar-refractivity contribution in [1.82, 2.24) is 5.32 Å². The van der Waals surface area contributed by atoms with E-state index < -0.39 is 0 Å². The Kier molecular flexibility index (Phi) is 26.1. The van der Waals surface area contributed by atoms with Crippen LogP contribution in [-0.2, 0) is 0 Å². The third-order valence-electron chi connectivity index (χ3n) is 1.60. The molecule has 0 aliphatic carbocycles. The normalized spacial score (nSPS) is 10.9. The fourth-order valence-corrected chi connectivity index (χ4v) is 0.972. The molecule has 1 atom stereocenters. The Morgan fingerprint density at radius 3 is 1.64 bits per heavy atom. The van der Waals surface area contributed by atoms with E-state index in [1.807, 2.05) is 27.7 Å². The average molecular weight is 203 g/mol. The van der Waals surface area contributed by atoms with Crippen molar-refractivity contribution in [3.8, 4) is 0 Å². The van der Waals surface area contributed by atoms with Gasteiger partial charge in [-0.05, 0) is 25.8 Å². The number of rotatable bonds is 5. The zero-order valence-corrected chi connectivity index (χ0v) is 11.8. The van der Waals surface area contributed by atoms with Crippen LogP contribution in [0.3, 0.4) is 0 Å². The SMILES string of the molecule is CC.CC.CCCC(C)NCC(C)C. The molecular formula is C13H33N. The molecule has 0 aliphatic rings. The highest BCUT2D eigenvalue weighted by Crippen LogP contribution is 1.96. The van der Waals surface area contributed by atoms with Crippen molar-refractivity contribution >= 4 is 0 Å². The summed E-state index contributed by atoms with van der Waals surface area (Å²) in [7, 11) is 0. The maximum absolute atomic E-state index is 3.48. The van der Waals surface area contributed by atoms with Crippen LogP contribution in [0.1, 0.15) is 68.2 Å². The van der Waals surface area contributed by atoms with Crippen LogP contribution >= 0.6 is 0 Å². The molecule has 0 heterocycles. The molecule has 1 nitrogen and oxygen atoms in total. The molecule has 0 bridgehead atoms. The van der Waals surface area contributed by atoms with E-state index in [9.17, 15) is 0 Å². The quantitative estimate of drug-likeness (QED) is 0.695. The summed E-state index contributed by atoms with van der Waals surface area (Å²) in [6, 6.07) is 0.701. The highest BCUT2D eigenvalue weighted by molar-refractivity contribution is 4.60. The summed E-state index contributed by atoms with van der Waals surface area (Å²) in [5, 5.41) is 3.48. The Hall–Kier alpha value is -0.0400. The molecule has 0 saturated heterocycles. The van der Waals surface area contributed by atoms with Crippen LogP contribution in [0.15, 0.2) is 0 Å². The molecule has 0 aromatic rings. The molecule has 0 aliphatic heterocycles. The van der Waals surface area contributed by atoms with Gasteiger partial charge in [0.1, 0.15) is 0 Å². The Morgan fingerprint density at radius 1 is 0.929 bits per heavy atom. The molecule has 0 rings (SSSR count). The van der Waals surface area contributed by atoms with Gasteiger partial charge in [0.05, 0.1) is 0 Å². The highest BCUT2D eigenvalue weighted by atomic mass is 14.9. The molecule has 1 N–H and O–H groups in total. The van der Waals surface area contributed by atoms with E-state index in [0.717, 1.165) is 12.5 Å². The van der Waals surface area contributed by atoms with E-state index in [1.54, 1.807) is 0 Å². The molecule has 0 spiro atoms. The predicted molar refractivity (Wildman–Crippen MR) is 69.9 cm³/mol. The predicted octanol–water partition coefficient (Wildman–Crippen LogP) is 4.47. The zero-order valence-electron chi connectivity index (χ0n) is 11.8. The lowest BCUT2D eigenvalue weighted by Gasteiger charge is -2.13.